The molecule has 0 bridgehead atoms. The van der Waals surface area contributed by atoms with Gasteiger partial charge < -0.3 is 9.64 Å². The van der Waals surface area contributed by atoms with Gasteiger partial charge in [0.2, 0.25) is 0 Å². The van der Waals surface area contributed by atoms with Crippen LogP contribution in [0.25, 0.3) is 0 Å². The van der Waals surface area contributed by atoms with Crippen LogP contribution in [0.4, 0.5) is 9.18 Å². The molecule has 0 N–H and O–H groups in total. The maximum atomic E-state index is 13.4. The van der Waals surface area contributed by atoms with E-state index in [1.54, 1.807) is 20.8 Å². The van der Waals surface area contributed by atoms with Gasteiger partial charge >= 0.3 is 6.09 Å². The Morgan fingerprint density at radius 2 is 2.07 bits per heavy atom. The molecule has 1 rings (SSSR count). The van der Waals surface area contributed by atoms with Crippen molar-refractivity contribution < 1.29 is 13.9 Å². The second-order valence-electron chi connectivity index (χ2n) is 4.62. The molecule has 1 heterocycles. The summed E-state index contributed by atoms with van der Waals surface area (Å²) in [5.41, 5.74) is -1.70. The van der Waals surface area contributed by atoms with Crippen LogP contribution in [-0.4, -0.2) is 39.8 Å². The van der Waals surface area contributed by atoms with Crippen LogP contribution in [0, 0.1) is 0 Å². The predicted molar refractivity (Wildman–Crippen MR) is 60.5 cm³/mol. The lowest BCUT2D eigenvalue weighted by Crippen LogP contribution is -2.62. The first-order valence-corrected chi connectivity index (χ1v) is 6.01. The van der Waals surface area contributed by atoms with Gasteiger partial charge in [-0.25, -0.2) is 9.18 Å². The van der Waals surface area contributed by atoms with E-state index in [4.69, 9.17) is 4.74 Å². The van der Waals surface area contributed by atoms with Gasteiger partial charge in [-0.15, -0.1) is 0 Å². The van der Waals surface area contributed by atoms with Gasteiger partial charge in [0, 0.05) is 4.43 Å². The molecule has 0 atom stereocenters. The highest BCUT2D eigenvalue weighted by molar-refractivity contribution is 14.1. The van der Waals surface area contributed by atoms with Crippen LogP contribution in [-0.2, 0) is 4.74 Å². The van der Waals surface area contributed by atoms with Gasteiger partial charge in [0.1, 0.15) is 5.60 Å². The molecular weight excluding hydrogens is 300 g/mol. The number of hydrogen-bond acceptors (Lipinski definition) is 2. The van der Waals surface area contributed by atoms with Gasteiger partial charge in [-0.05, 0) is 20.8 Å². The van der Waals surface area contributed by atoms with Crippen molar-refractivity contribution >= 4 is 28.7 Å². The zero-order chi connectivity index (χ0) is 11.0. The highest BCUT2D eigenvalue weighted by atomic mass is 127. The lowest BCUT2D eigenvalue weighted by molar-refractivity contribution is -0.0389. The van der Waals surface area contributed by atoms with Crippen molar-refractivity contribution in [1.29, 1.82) is 0 Å². The minimum absolute atomic E-state index is 0.158. The Morgan fingerprint density at radius 1 is 1.57 bits per heavy atom. The van der Waals surface area contributed by atoms with Gasteiger partial charge in [0.15, 0.2) is 5.67 Å². The fourth-order valence-electron chi connectivity index (χ4n) is 1.18. The summed E-state index contributed by atoms with van der Waals surface area (Å²) in [5.74, 6) is 0. The second-order valence-corrected chi connectivity index (χ2v) is 5.38. The first kappa shape index (κ1) is 12.0. The molecule has 0 aromatic carbocycles. The molecule has 0 spiro atoms. The molecule has 0 radical (unpaired) electrons. The minimum atomic E-state index is -1.20. The zero-order valence-electron chi connectivity index (χ0n) is 8.64. The summed E-state index contributed by atoms with van der Waals surface area (Å²) < 4.78 is 18.9. The largest absolute Gasteiger partial charge is 0.444 e. The summed E-state index contributed by atoms with van der Waals surface area (Å²) in [6, 6.07) is 0. The predicted octanol–water partition coefficient (Wildman–Crippen LogP) is 2.38. The molecule has 1 saturated heterocycles. The fraction of sp³-hybridized carbons (Fsp3) is 0.889. The third kappa shape index (κ3) is 2.96. The number of carbonyl (C=O) groups excluding carboxylic acids is 1. The number of carbonyl (C=O) groups is 1. The number of alkyl halides is 2. The molecule has 14 heavy (non-hydrogen) atoms. The van der Waals surface area contributed by atoms with Gasteiger partial charge in [-0.3, -0.25) is 0 Å². The van der Waals surface area contributed by atoms with Gasteiger partial charge in [0.25, 0.3) is 0 Å². The molecule has 5 heteroatoms. The molecule has 0 saturated carbocycles. The quantitative estimate of drug-likeness (QED) is 0.549. The van der Waals surface area contributed by atoms with Crippen LogP contribution in [0.3, 0.4) is 0 Å². The molecule has 1 aliphatic rings. The van der Waals surface area contributed by atoms with E-state index in [-0.39, 0.29) is 13.1 Å². The van der Waals surface area contributed by atoms with E-state index in [1.165, 1.54) is 4.90 Å². The van der Waals surface area contributed by atoms with Crippen molar-refractivity contribution in [3.63, 3.8) is 0 Å². The Bertz CT molecular complexity index is 233. The molecule has 0 aromatic rings. The van der Waals surface area contributed by atoms with E-state index in [0.717, 1.165) is 0 Å². The molecule has 82 valence electrons. The average Bonchev–Trinajstić information content (AvgIpc) is 1.95. The number of rotatable bonds is 1. The molecule has 1 amide bonds. The molecule has 1 aliphatic heterocycles. The minimum Gasteiger partial charge on any atom is -0.444 e. The fourth-order valence-corrected chi connectivity index (χ4v) is 1.66. The molecule has 0 aliphatic carbocycles. The highest BCUT2D eigenvalue weighted by Gasteiger charge is 2.46. The van der Waals surface area contributed by atoms with E-state index in [0.29, 0.717) is 4.43 Å². The number of nitrogens with zero attached hydrogens (tertiary/aromatic N) is 1. The Morgan fingerprint density at radius 3 is 2.43 bits per heavy atom. The van der Waals surface area contributed by atoms with Crippen LogP contribution in [0.15, 0.2) is 0 Å². The van der Waals surface area contributed by atoms with Crippen LogP contribution < -0.4 is 0 Å². The first-order chi connectivity index (χ1) is 6.26. The molecule has 1 fully saturated rings. The van der Waals surface area contributed by atoms with Gasteiger partial charge in [0.05, 0.1) is 13.1 Å². The third-order valence-corrected chi connectivity index (χ3v) is 3.21. The van der Waals surface area contributed by atoms with Crippen LogP contribution in [0.5, 0.6) is 0 Å². The summed E-state index contributed by atoms with van der Waals surface area (Å²) in [6.07, 6.45) is -0.421. The number of hydrogen-bond donors (Lipinski definition) is 0. The molecule has 0 aromatic heterocycles. The normalized spacial score (nSPS) is 20.2. The highest BCUT2D eigenvalue weighted by Crippen LogP contribution is 2.28. The summed E-state index contributed by atoms with van der Waals surface area (Å²) >= 11 is 1.99. The topological polar surface area (TPSA) is 29.5 Å². The molecular formula is C9H15FINO2. The lowest BCUT2D eigenvalue weighted by atomic mass is 10.0. The van der Waals surface area contributed by atoms with Crippen LogP contribution in [0.1, 0.15) is 20.8 Å². The Kier molecular flexibility index (Phi) is 3.28. The van der Waals surface area contributed by atoms with Crippen molar-refractivity contribution in [2.24, 2.45) is 0 Å². The number of ether oxygens (including phenoxy) is 1. The monoisotopic (exact) mass is 315 g/mol. The van der Waals surface area contributed by atoms with E-state index in [9.17, 15) is 9.18 Å². The third-order valence-electron chi connectivity index (χ3n) is 1.84. The molecule has 0 unspecified atom stereocenters. The van der Waals surface area contributed by atoms with Crippen molar-refractivity contribution in [2.75, 3.05) is 17.5 Å². The second kappa shape index (κ2) is 3.83. The average molecular weight is 315 g/mol. The van der Waals surface area contributed by atoms with E-state index in [1.807, 2.05) is 22.6 Å². The van der Waals surface area contributed by atoms with Gasteiger partial charge in [-0.1, -0.05) is 22.6 Å². The van der Waals surface area contributed by atoms with Crippen LogP contribution in [0.2, 0.25) is 0 Å². The SMILES string of the molecule is CC(C)(C)OC(=O)N1CC(F)(CI)C1. The lowest BCUT2D eigenvalue weighted by Gasteiger charge is -2.43. The smallest absolute Gasteiger partial charge is 0.410 e. The maximum Gasteiger partial charge on any atom is 0.410 e. The summed E-state index contributed by atoms with van der Waals surface area (Å²) in [6.45, 7) is 5.71. The van der Waals surface area contributed by atoms with Gasteiger partial charge in [-0.2, -0.15) is 0 Å². The van der Waals surface area contributed by atoms with E-state index < -0.39 is 17.4 Å². The standard InChI is InChI=1S/C9H15FINO2/c1-8(2,3)14-7(13)12-5-9(10,4-11)6-12/h4-6H2,1-3H3. The first-order valence-electron chi connectivity index (χ1n) is 4.49. The Balaban J connectivity index is 2.37. The van der Waals surface area contributed by atoms with Crippen molar-refractivity contribution in [3.8, 4) is 0 Å². The van der Waals surface area contributed by atoms with Crippen molar-refractivity contribution in [3.05, 3.63) is 0 Å². The zero-order valence-corrected chi connectivity index (χ0v) is 10.8. The maximum absolute atomic E-state index is 13.4. The van der Waals surface area contributed by atoms with E-state index >= 15 is 0 Å². The summed E-state index contributed by atoms with van der Waals surface area (Å²) in [5, 5.41) is 0. The van der Waals surface area contributed by atoms with E-state index in [2.05, 4.69) is 0 Å². The number of likely N-dealkylation sites (tertiary alicyclic amines) is 1. The molecule has 3 nitrogen and oxygen atoms in total. The van der Waals surface area contributed by atoms with Crippen molar-refractivity contribution in [1.82, 2.24) is 4.90 Å². The van der Waals surface area contributed by atoms with Crippen LogP contribution >= 0.6 is 22.6 Å². The summed E-state index contributed by atoms with van der Waals surface area (Å²) in [7, 11) is 0. The number of amides is 1. The Labute approximate surface area is 97.1 Å². The number of halogens is 2. The van der Waals surface area contributed by atoms with Crippen molar-refractivity contribution in [2.45, 2.75) is 32.0 Å². The Hall–Kier alpha value is -0.0700. The summed E-state index contributed by atoms with van der Waals surface area (Å²) in [4.78, 5) is 12.8.